The molecular weight excluding hydrogens is 242 g/mol. The molecule has 0 unspecified atom stereocenters. The number of hydrogen-bond acceptors (Lipinski definition) is 5. The molecule has 1 aromatic rings. The van der Waals surface area contributed by atoms with E-state index in [-0.39, 0.29) is 5.54 Å². The molecule has 1 aromatic heterocycles. The summed E-state index contributed by atoms with van der Waals surface area (Å²) < 4.78 is 10.6. The zero-order valence-electron chi connectivity index (χ0n) is 12.8. The molecule has 0 saturated carbocycles. The molecule has 5 heteroatoms. The van der Waals surface area contributed by atoms with E-state index >= 15 is 0 Å². The van der Waals surface area contributed by atoms with E-state index in [4.69, 9.17) is 9.47 Å². The highest BCUT2D eigenvalue weighted by atomic mass is 16.5. The van der Waals surface area contributed by atoms with Crippen molar-refractivity contribution in [2.24, 2.45) is 0 Å². The molecule has 0 fully saturated rings. The molecule has 0 atom stereocenters. The molecule has 0 spiro atoms. The minimum atomic E-state index is 0.0894. The van der Waals surface area contributed by atoms with Gasteiger partial charge in [-0.1, -0.05) is 0 Å². The quantitative estimate of drug-likeness (QED) is 0.812. The van der Waals surface area contributed by atoms with E-state index in [9.17, 15) is 0 Å². The molecule has 5 nitrogen and oxygen atoms in total. The second-order valence-electron chi connectivity index (χ2n) is 5.30. The normalized spacial score (nSPS) is 11.7. The smallest absolute Gasteiger partial charge is 0.183 e. The van der Waals surface area contributed by atoms with Gasteiger partial charge in [0, 0.05) is 30.9 Å². The topological polar surface area (TPSA) is 46.6 Å². The first-order valence-electron chi connectivity index (χ1n) is 6.36. The van der Waals surface area contributed by atoms with Gasteiger partial charge < -0.3 is 19.7 Å². The molecule has 1 rings (SSSR count). The van der Waals surface area contributed by atoms with E-state index in [0.29, 0.717) is 18.0 Å². The molecule has 0 radical (unpaired) electrons. The average Bonchev–Trinajstić information content (AvgIpc) is 2.37. The maximum absolute atomic E-state index is 5.36. The molecule has 0 aromatic carbocycles. The van der Waals surface area contributed by atoms with E-state index < -0.39 is 0 Å². The highest BCUT2D eigenvalue weighted by Gasteiger charge is 2.20. The van der Waals surface area contributed by atoms with E-state index in [1.807, 2.05) is 0 Å². The van der Waals surface area contributed by atoms with Gasteiger partial charge in [0.2, 0.25) is 0 Å². The number of nitrogens with zero attached hydrogens (tertiary/aromatic N) is 2. The molecule has 0 aliphatic carbocycles. The number of pyridine rings is 1. The standard InChI is InChI=1S/C14H25N3O2/c1-14(2,17(3)4)10-15-9-11-13(19-6)12(18-5)7-8-16-11/h7-8,15H,9-10H2,1-6H3. The van der Waals surface area contributed by atoms with Crippen LogP contribution in [-0.2, 0) is 6.54 Å². The molecule has 0 aliphatic heterocycles. The highest BCUT2D eigenvalue weighted by molar-refractivity contribution is 5.42. The monoisotopic (exact) mass is 267 g/mol. The Morgan fingerprint density at radius 3 is 2.47 bits per heavy atom. The lowest BCUT2D eigenvalue weighted by molar-refractivity contribution is 0.189. The Morgan fingerprint density at radius 1 is 1.26 bits per heavy atom. The Hall–Kier alpha value is -1.33. The van der Waals surface area contributed by atoms with Gasteiger partial charge in [-0.3, -0.25) is 4.98 Å². The molecule has 19 heavy (non-hydrogen) atoms. The fraction of sp³-hybridized carbons (Fsp3) is 0.643. The highest BCUT2D eigenvalue weighted by Crippen LogP contribution is 2.28. The van der Waals surface area contributed by atoms with Gasteiger partial charge in [0.05, 0.1) is 19.9 Å². The van der Waals surface area contributed by atoms with Gasteiger partial charge in [-0.2, -0.15) is 0 Å². The van der Waals surface area contributed by atoms with E-state index in [1.165, 1.54) is 0 Å². The summed E-state index contributed by atoms with van der Waals surface area (Å²) in [4.78, 5) is 6.53. The van der Waals surface area contributed by atoms with Crippen molar-refractivity contribution in [1.82, 2.24) is 15.2 Å². The third-order valence-electron chi connectivity index (χ3n) is 3.43. The number of rotatable bonds is 7. The van der Waals surface area contributed by atoms with Crippen LogP contribution >= 0.6 is 0 Å². The number of aromatic nitrogens is 1. The fourth-order valence-electron chi connectivity index (χ4n) is 1.62. The van der Waals surface area contributed by atoms with Crippen LogP contribution in [0, 0.1) is 0 Å². The summed E-state index contributed by atoms with van der Waals surface area (Å²) >= 11 is 0. The van der Waals surface area contributed by atoms with Crippen molar-refractivity contribution in [2.75, 3.05) is 34.9 Å². The van der Waals surface area contributed by atoms with Gasteiger partial charge in [-0.25, -0.2) is 0 Å². The Balaban J connectivity index is 2.68. The maximum Gasteiger partial charge on any atom is 0.183 e. The second kappa shape index (κ2) is 6.73. The minimum absolute atomic E-state index is 0.0894. The van der Waals surface area contributed by atoms with Gasteiger partial charge in [0.1, 0.15) is 0 Å². The molecule has 1 heterocycles. The zero-order chi connectivity index (χ0) is 14.5. The molecular formula is C14H25N3O2. The summed E-state index contributed by atoms with van der Waals surface area (Å²) in [6.45, 7) is 5.90. The van der Waals surface area contributed by atoms with Crippen molar-refractivity contribution >= 4 is 0 Å². The first-order chi connectivity index (χ1) is 8.92. The SMILES string of the molecule is COc1ccnc(CNCC(C)(C)N(C)C)c1OC. The van der Waals surface area contributed by atoms with Crippen LogP contribution in [0.1, 0.15) is 19.5 Å². The van der Waals surface area contributed by atoms with Crippen molar-refractivity contribution in [3.63, 3.8) is 0 Å². The Labute approximate surface area is 115 Å². The zero-order valence-corrected chi connectivity index (χ0v) is 12.8. The maximum atomic E-state index is 5.36. The van der Waals surface area contributed by atoms with Crippen molar-refractivity contribution in [2.45, 2.75) is 25.9 Å². The van der Waals surface area contributed by atoms with E-state index in [0.717, 1.165) is 12.2 Å². The van der Waals surface area contributed by atoms with Crippen molar-refractivity contribution in [3.05, 3.63) is 18.0 Å². The Bertz CT molecular complexity index is 406. The summed E-state index contributed by atoms with van der Waals surface area (Å²) in [7, 11) is 7.41. The van der Waals surface area contributed by atoms with Crippen LogP contribution in [0.3, 0.4) is 0 Å². The van der Waals surface area contributed by atoms with Crippen LogP contribution in [0.2, 0.25) is 0 Å². The molecule has 108 valence electrons. The fourth-order valence-corrected chi connectivity index (χ4v) is 1.62. The summed E-state index contributed by atoms with van der Waals surface area (Å²) in [5, 5.41) is 3.41. The van der Waals surface area contributed by atoms with Gasteiger partial charge in [0.25, 0.3) is 0 Å². The predicted molar refractivity (Wildman–Crippen MR) is 76.8 cm³/mol. The minimum Gasteiger partial charge on any atom is -0.493 e. The van der Waals surface area contributed by atoms with Crippen LogP contribution in [0.4, 0.5) is 0 Å². The van der Waals surface area contributed by atoms with Crippen LogP contribution in [0.25, 0.3) is 0 Å². The molecule has 0 bridgehead atoms. The molecule has 0 saturated heterocycles. The first-order valence-corrected chi connectivity index (χ1v) is 6.36. The largest absolute Gasteiger partial charge is 0.493 e. The number of methoxy groups -OCH3 is 2. The number of likely N-dealkylation sites (N-methyl/N-ethyl adjacent to an activating group) is 1. The third-order valence-corrected chi connectivity index (χ3v) is 3.43. The van der Waals surface area contributed by atoms with Gasteiger partial charge in [-0.15, -0.1) is 0 Å². The van der Waals surface area contributed by atoms with Crippen LogP contribution in [0.5, 0.6) is 11.5 Å². The van der Waals surface area contributed by atoms with Crippen LogP contribution in [-0.4, -0.2) is 50.3 Å². The lowest BCUT2D eigenvalue weighted by atomic mass is 10.0. The summed E-state index contributed by atoms with van der Waals surface area (Å²) in [5.41, 5.74) is 0.947. The summed E-state index contributed by atoms with van der Waals surface area (Å²) in [5.74, 6) is 1.40. The van der Waals surface area contributed by atoms with E-state index in [1.54, 1.807) is 26.5 Å². The lowest BCUT2D eigenvalue weighted by Crippen LogP contribution is -2.46. The lowest BCUT2D eigenvalue weighted by Gasteiger charge is -2.32. The third kappa shape index (κ3) is 4.08. The predicted octanol–water partition coefficient (Wildman–Crippen LogP) is 1.53. The number of nitrogens with one attached hydrogen (secondary N) is 1. The summed E-state index contributed by atoms with van der Waals surface area (Å²) in [6, 6.07) is 1.80. The van der Waals surface area contributed by atoms with Gasteiger partial charge in [0.15, 0.2) is 11.5 Å². The molecule has 0 aliphatic rings. The first kappa shape index (κ1) is 15.7. The van der Waals surface area contributed by atoms with E-state index in [2.05, 4.69) is 43.1 Å². The Morgan fingerprint density at radius 2 is 1.95 bits per heavy atom. The molecule has 0 amide bonds. The van der Waals surface area contributed by atoms with Crippen molar-refractivity contribution in [3.8, 4) is 11.5 Å². The van der Waals surface area contributed by atoms with Crippen LogP contribution < -0.4 is 14.8 Å². The number of hydrogen-bond donors (Lipinski definition) is 1. The Kier molecular flexibility index (Phi) is 5.57. The van der Waals surface area contributed by atoms with Crippen molar-refractivity contribution < 1.29 is 9.47 Å². The van der Waals surface area contributed by atoms with Gasteiger partial charge in [-0.05, 0) is 27.9 Å². The van der Waals surface area contributed by atoms with Crippen molar-refractivity contribution in [1.29, 1.82) is 0 Å². The second-order valence-corrected chi connectivity index (χ2v) is 5.30. The summed E-state index contributed by atoms with van der Waals surface area (Å²) in [6.07, 6.45) is 1.73. The average molecular weight is 267 g/mol. The van der Waals surface area contributed by atoms with Crippen LogP contribution in [0.15, 0.2) is 12.3 Å². The van der Waals surface area contributed by atoms with Gasteiger partial charge >= 0.3 is 0 Å². The number of ether oxygens (including phenoxy) is 2. The molecule has 1 N–H and O–H groups in total.